The second kappa shape index (κ2) is 64.0. The van der Waals surface area contributed by atoms with Crippen molar-refractivity contribution in [1.29, 1.82) is 0 Å². The predicted molar refractivity (Wildman–Crippen MR) is 22.7 cm³/mol. The van der Waals surface area contributed by atoms with E-state index in [1.54, 1.807) is 0 Å². The average Bonchev–Trinajstić information content (AvgIpc) is 1.50. The Labute approximate surface area is 62.9 Å². The van der Waals surface area contributed by atoms with Crippen molar-refractivity contribution in [1.82, 2.24) is 0 Å². The van der Waals surface area contributed by atoms with Crippen LogP contribution in [0, 0.1) is 35.6 Å². The fraction of sp³-hybridized carbons (Fsp3) is 1.00. The quantitative estimate of drug-likeness (QED) is 0.560. The minimum atomic E-state index is 0. The van der Waals surface area contributed by atoms with Gasteiger partial charge in [-0.25, -0.2) is 0 Å². The Morgan fingerprint density at radius 3 is 0.600 bits per heavy atom. The average molecular weight is 199 g/mol. The number of rotatable bonds is 0. The molecule has 0 spiro atoms. The molecule has 0 nitrogen and oxygen atoms in total. The van der Waals surface area contributed by atoms with Crippen molar-refractivity contribution in [3.05, 3.63) is 0 Å². The Morgan fingerprint density at radius 1 is 0.600 bits per heavy atom. The van der Waals surface area contributed by atoms with Gasteiger partial charge in [-0.15, -0.1) is 0 Å². The van der Waals surface area contributed by atoms with E-state index in [9.17, 15) is 0 Å². The molecule has 0 rings (SSSR count). The summed E-state index contributed by atoms with van der Waals surface area (Å²) in [4.78, 5) is 0. The van der Waals surface area contributed by atoms with Crippen LogP contribution in [0.1, 0.15) is 27.7 Å². The zero-order valence-corrected chi connectivity index (χ0v) is 8.20. The molecule has 0 atom stereocenters. The van der Waals surface area contributed by atoms with Crippen LogP contribution in [0.3, 0.4) is 0 Å². The van der Waals surface area contributed by atoms with Gasteiger partial charge in [-0.3, -0.25) is 0 Å². The van der Waals surface area contributed by atoms with Gasteiger partial charge in [-0.05, 0) is 0 Å². The standard InChI is InChI=1S/2C2H6.La/c2*1-2;/h2*1-2H3;. The maximum atomic E-state index is 2.00. The largest absolute Gasteiger partial charge is 0.0683 e. The van der Waals surface area contributed by atoms with Crippen LogP contribution in [0.15, 0.2) is 0 Å². The van der Waals surface area contributed by atoms with Crippen LogP contribution < -0.4 is 0 Å². The molecule has 0 aromatic heterocycles. The first kappa shape index (κ1) is 16.4. The van der Waals surface area contributed by atoms with Crippen molar-refractivity contribution in [3.8, 4) is 0 Å². The SMILES string of the molecule is CC.CC.[La]. The molecule has 0 amide bonds. The summed E-state index contributed by atoms with van der Waals surface area (Å²) in [5.41, 5.74) is 0. The monoisotopic (exact) mass is 199 g/mol. The van der Waals surface area contributed by atoms with Gasteiger partial charge in [0, 0.05) is 35.6 Å². The Morgan fingerprint density at radius 2 is 0.600 bits per heavy atom. The van der Waals surface area contributed by atoms with E-state index in [0.717, 1.165) is 0 Å². The predicted octanol–water partition coefficient (Wildman–Crippen LogP) is 2.05. The van der Waals surface area contributed by atoms with Crippen molar-refractivity contribution in [2.24, 2.45) is 0 Å². The normalized spacial score (nSPS) is 2.40. The molecule has 1 heteroatoms. The van der Waals surface area contributed by atoms with Gasteiger partial charge in [0.25, 0.3) is 0 Å². The summed E-state index contributed by atoms with van der Waals surface area (Å²) in [6.07, 6.45) is 0. The van der Waals surface area contributed by atoms with E-state index in [-0.39, 0.29) is 35.6 Å². The van der Waals surface area contributed by atoms with E-state index < -0.39 is 0 Å². The Kier molecular flexibility index (Phi) is 210. The fourth-order valence-corrected chi connectivity index (χ4v) is 0. The molecule has 0 heterocycles. The van der Waals surface area contributed by atoms with Crippen molar-refractivity contribution in [2.45, 2.75) is 27.7 Å². The molecule has 0 aliphatic carbocycles. The third-order valence-electron chi connectivity index (χ3n) is 0. The van der Waals surface area contributed by atoms with Crippen molar-refractivity contribution in [2.75, 3.05) is 0 Å². The molecule has 1 radical (unpaired) electrons. The van der Waals surface area contributed by atoms with Crippen molar-refractivity contribution in [3.63, 3.8) is 0 Å². The van der Waals surface area contributed by atoms with E-state index in [4.69, 9.17) is 0 Å². The molecule has 0 bridgehead atoms. The Balaban J connectivity index is -0.0000000133. The molecule has 31 valence electrons. The van der Waals surface area contributed by atoms with Crippen LogP contribution in [0.25, 0.3) is 0 Å². The molecule has 0 aromatic rings. The Hall–Kier alpha value is 1.19. The number of hydrogen-bond acceptors (Lipinski definition) is 0. The Bertz CT molecular complexity index is 3.61. The third kappa shape index (κ3) is 37.1. The fourth-order valence-electron chi connectivity index (χ4n) is 0. The van der Waals surface area contributed by atoms with Crippen molar-refractivity contribution < 1.29 is 35.6 Å². The smallest absolute Gasteiger partial charge is 0 e. The van der Waals surface area contributed by atoms with Gasteiger partial charge < -0.3 is 0 Å². The molecule has 0 fully saturated rings. The van der Waals surface area contributed by atoms with Gasteiger partial charge >= 0.3 is 0 Å². The molecule has 0 saturated heterocycles. The third-order valence-corrected chi connectivity index (χ3v) is 0. The summed E-state index contributed by atoms with van der Waals surface area (Å²) in [5.74, 6) is 0. The molecule has 0 N–H and O–H groups in total. The van der Waals surface area contributed by atoms with E-state index in [2.05, 4.69) is 0 Å². The first-order valence-electron chi connectivity index (χ1n) is 2.00. The van der Waals surface area contributed by atoms with Crippen LogP contribution in [-0.4, -0.2) is 0 Å². The summed E-state index contributed by atoms with van der Waals surface area (Å²) >= 11 is 0. The van der Waals surface area contributed by atoms with Gasteiger partial charge in [0.1, 0.15) is 0 Å². The van der Waals surface area contributed by atoms with Gasteiger partial charge in [0.15, 0.2) is 0 Å². The van der Waals surface area contributed by atoms with E-state index >= 15 is 0 Å². The first-order valence-corrected chi connectivity index (χ1v) is 2.00. The molecular weight excluding hydrogens is 187 g/mol. The summed E-state index contributed by atoms with van der Waals surface area (Å²) in [5, 5.41) is 0. The minimum absolute atomic E-state index is 0. The molecule has 0 saturated carbocycles. The van der Waals surface area contributed by atoms with Crippen LogP contribution in [-0.2, 0) is 0 Å². The maximum Gasteiger partial charge on any atom is 0 e. The van der Waals surface area contributed by atoms with Crippen LogP contribution in [0.4, 0.5) is 0 Å². The molecule has 0 unspecified atom stereocenters. The second-order valence-corrected chi connectivity index (χ2v) is 0. The summed E-state index contributed by atoms with van der Waals surface area (Å²) < 4.78 is 0. The molecule has 0 aliphatic heterocycles. The van der Waals surface area contributed by atoms with Gasteiger partial charge in [-0.1, -0.05) is 27.7 Å². The van der Waals surface area contributed by atoms with Gasteiger partial charge in [0.2, 0.25) is 0 Å². The van der Waals surface area contributed by atoms with Crippen LogP contribution in [0.2, 0.25) is 0 Å². The molecule has 0 aromatic carbocycles. The van der Waals surface area contributed by atoms with E-state index in [1.165, 1.54) is 0 Å². The minimum Gasteiger partial charge on any atom is -0.0683 e. The second-order valence-electron chi connectivity index (χ2n) is 0. The molecule has 0 aliphatic rings. The van der Waals surface area contributed by atoms with E-state index in [0.29, 0.717) is 0 Å². The summed E-state index contributed by atoms with van der Waals surface area (Å²) in [6.45, 7) is 8.00. The summed E-state index contributed by atoms with van der Waals surface area (Å²) in [6, 6.07) is 0. The zero-order chi connectivity index (χ0) is 4.00. The maximum absolute atomic E-state index is 2.00. The van der Waals surface area contributed by atoms with Gasteiger partial charge in [0.05, 0.1) is 0 Å². The van der Waals surface area contributed by atoms with E-state index in [1.807, 2.05) is 27.7 Å². The zero-order valence-electron chi connectivity index (χ0n) is 4.58. The van der Waals surface area contributed by atoms with Gasteiger partial charge in [-0.2, -0.15) is 0 Å². The summed E-state index contributed by atoms with van der Waals surface area (Å²) in [7, 11) is 0. The van der Waals surface area contributed by atoms with Crippen molar-refractivity contribution >= 4 is 0 Å². The van der Waals surface area contributed by atoms with Crippen LogP contribution >= 0.6 is 0 Å². The topological polar surface area (TPSA) is 0 Å². The first-order chi connectivity index (χ1) is 2.00. The molecular formula is C4H12La. The molecule has 5 heavy (non-hydrogen) atoms. The van der Waals surface area contributed by atoms with Crippen LogP contribution in [0.5, 0.6) is 0 Å². The number of hydrogen-bond donors (Lipinski definition) is 0.